The van der Waals surface area contributed by atoms with E-state index in [1.807, 2.05) is 78.9 Å². The first-order valence-electron chi connectivity index (χ1n) is 10.6. The van der Waals surface area contributed by atoms with Crippen molar-refractivity contribution in [1.29, 1.82) is 0 Å². The van der Waals surface area contributed by atoms with Crippen molar-refractivity contribution in [3.63, 3.8) is 0 Å². The van der Waals surface area contributed by atoms with Crippen molar-refractivity contribution in [2.24, 2.45) is 4.99 Å². The predicted molar refractivity (Wildman–Crippen MR) is 127 cm³/mol. The first kappa shape index (κ1) is 22.0. The maximum atomic E-state index is 12.7. The standard InChI is InChI=1S/C25H26N2O4S/c1-4-29-24(28)22-18(3)26-25-27(13-16-32-25)23(22)19-9-11-20(12-10-19)30-14-15-31-21-8-6-5-7-17(21)2/h5-13,16,23H,4,14-15H2,1-3H3. The highest BCUT2D eigenvalue weighted by Crippen LogP contribution is 2.41. The van der Waals surface area contributed by atoms with Gasteiger partial charge in [0.05, 0.1) is 23.9 Å². The summed E-state index contributed by atoms with van der Waals surface area (Å²) in [5.41, 5.74) is 3.31. The first-order valence-corrected chi connectivity index (χ1v) is 11.5. The Hall–Kier alpha value is -3.19. The summed E-state index contributed by atoms with van der Waals surface area (Å²) in [6, 6.07) is 15.4. The van der Waals surface area contributed by atoms with E-state index < -0.39 is 0 Å². The van der Waals surface area contributed by atoms with Crippen molar-refractivity contribution in [1.82, 2.24) is 4.90 Å². The number of hydrogen-bond donors (Lipinski definition) is 0. The van der Waals surface area contributed by atoms with E-state index in [1.165, 1.54) is 0 Å². The summed E-state index contributed by atoms with van der Waals surface area (Å²) < 4.78 is 17.0. The molecule has 0 spiro atoms. The number of ether oxygens (including phenoxy) is 3. The van der Waals surface area contributed by atoms with Gasteiger partial charge in [0.2, 0.25) is 0 Å². The molecular weight excluding hydrogens is 424 g/mol. The molecule has 4 rings (SSSR count). The van der Waals surface area contributed by atoms with E-state index in [-0.39, 0.29) is 12.0 Å². The van der Waals surface area contributed by atoms with Crippen molar-refractivity contribution < 1.29 is 19.0 Å². The molecule has 0 bridgehead atoms. The predicted octanol–water partition coefficient (Wildman–Crippen LogP) is 5.22. The molecule has 2 aliphatic heterocycles. The number of hydrogen-bond acceptors (Lipinski definition) is 7. The molecule has 0 radical (unpaired) electrons. The van der Waals surface area contributed by atoms with Crippen LogP contribution in [0.25, 0.3) is 0 Å². The molecule has 2 aromatic rings. The molecule has 2 aromatic carbocycles. The highest BCUT2D eigenvalue weighted by Gasteiger charge is 2.37. The van der Waals surface area contributed by atoms with Gasteiger partial charge in [-0.05, 0) is 55.5 Å². The summed E-state index contributed by atoms with van der Waals surface area (Å²) in [7, 11) is 0. The van der Waals surface area contributed by atoms with E-state index in [4.69, 9.17) is 14.2 Å². The van der Waals surface area contributed by atoms with Gasteiger partial charge < -0.3 is 19.1 Å². The Kier molecular flexibility index (Phi) is 6.85. The number of carbonyl (C=O) groups is 1. The lowest BCUT2D eigenvalue weighted by Gasteiger charge is -2.33. The summed E-state index contributed by atoms with van der Waals surface area (Å²) in [6.45, 7) is 6.90. The Morgan fingerprint density at radius 2 is 1.81 bits per heavy atom. The molecule has 0 fully saturated rings. The maximum Gasteiger partial charge on any atom is 0.338 e. The number of esters is 1. The minimum Gasteiger partial charge on any atom is -0.490 e. The molecular formula is C25H26N2O4S. The largest absolute Gasteiger partial charge is 0.490 e. The Balaban J connectivity index is 1.45. The Bertz CT molecular complexity index is 1080. The number of fused-ring (bicyclic) bond motifs is 1. The third-order valence-corrected chi connectivity index (χ3v) is 5.99. The van der Waals surface area contributed by atoms with Crippen LogP contribution >= 0.6 is 11.8 Å². The van der Waals surface area contributed by atoms with E-state index in [0.29, 0.717) is 31.1 Å². The van der Waals surface area contributed by atoms with Gasteiger partial charge in [-0.15, -0.1) is 0 Å². The van der Waals surface area contributed by atoms with Crippen LogP contribution in [0.4, 0.5) is 0 Å². The monoisotopic (exact) mass is 450 g/mol. The second-order valence-electron chi connectivity index (χ2n) is 7.36. The summed E-state index contributed by atoms with van der Waals surface area (Å²) in [4.78, 5) is 19.3. The number of rotatable bonds is 8. The van der Waals surface area contributed by atoms with Crippen LogP contribution in [-0.2, 0) is 9.53 Å². The van der Waals surface area contributed by atoms with Crippen LogP contribution in [0.3, 0.4) is 0 Å². The summed E-state index contributed by atoms with van der Waals surface area (Å²) in [5, 5.41) is 2.83. The average molecular weight is 451 g/mol. The second kappa shape index (κ2) is 9.96. The summed E-state index contributed by atoms with van der Waals surface area (Å²) in [6.07, 6.45) is 1.95. The number of allylic oxidation sites excluding steroid dienone is 1. The van der Waals surface area contributed by atoms with Gasteiger partial charge in [-0.2, -0.15) is 0 Å². The Morgan fingerprint density at radius 3 is 2.56 bits per heavy atom. The summed E-state index contributed by atoms with van der Waals surface area (Å²) >= 11 is 1.54. The quantitative estimate of drug-likeness (QED) is 0.406. The molecule has 0 aliphatic carbocycles. The lowest BCUT2D eigenvalue weighted by molar-refractivity contribution is -0.139. The minimum absolute atomic E-state index is 0.286. The van der Waals surface area contributed by atoms with Gasteiger partial charge in [-0.3, -0.25) is 0 Å². The van der Waals surface area contributed by atoms with Crippen LogP contribution < -0.4 is 9.47 Å². The number of nitrogens with zero attached hydrogens (tertiary/aromatic N) is 2. The van der Waals surface area contributed by atoms with E-state index in [9.17, 15) is 4.79 Å². The topological polar surface area (TPSA) is 60.4 Å². The number of thioether (sulfide) groups is 1. The fraction of sp³-hybridized carbons (Fsp3) is 0.280. The fourth-order valence-corrected chi connectivity index (χ4v) is 4.47. The Morgan fingerprint density at radius 1 is 1.06 bits per heavy atom. The minimum atomic E-state index is -0.336. The van der Waals surface area contributed by atoms with Gasteiger partial charge in [-0.25, -0.2) is 9.79 Å². The normalized spacial score (nSPS) is 17.2. The van der Waals surface area contributed by atoms with E-state index in [0.717, 1.165) is 27.8 Å². The molecule has 166 valence electrons. The zero-order valence-electron chi connectivity index (χ0n) is 18.4. The lowest BCUT2D eigenvalue weighted by Crippen LogP contribution is -2.34. The highest BCUT2D eigenvalue weighted by atomic mass is 32.2. The molecule has 7 heteroatoms. The van der Waals surface area contributed by atoms with Gasteiger partial charge in [0.15, 0.2) is 5.17 Å². The van der Waals surface area contributed by atoms with E-state index in [2.05, 4.69) is 4.99 Å². The lowest BCUT2D eigenvalue weighted by atomic mass is 9.95. The van der Waals surface area contributed by atoms with Crippen LogP contribution in [-0.4, -0.2) is 35.9 Å². The SMILES string of the molecule is CCOC(=O)C1=C(C)N=C2SC=CN2C1c1ccc(OCCOc2ccccc2C)cc1. The van der Waals surface area contributed by atoms with Gasteiger partial charge >= 0.3 is 5.97 Å². The van der Waals surface area contributed by atoms with Crippen LogP contribution in [0.15, 0.2) is 76.4 Å². The molecule has 0 aromatic heterocycles. The number of aryl methyl sites for hydroxylation is 1. The zero-order valence-corrected chi connectivity index (χ0v) is 19.2. The number of aliphatic imine (C=N–C) groups is 1. The molecule has 0 amide bonds. The number of amidine groups is 1. The van der Waals surface area contributed by atoms with Crippen LogP contribution in [0, 0.1) is 6.92 Å². The molecule has 2 heterocycles. The molecule has 2 aliphatic rings. The third kappa shape index (κ3) is 4.67. The molecule has 32 heavy (non-hydrogen) atoms. The molecule has 1 unspecified atom stereocenters. The van der Waals surface area contributed by atoms with Gasteiger partial charge in [0.1, 0.15) is 24.7 Å². The van der Waals surface area contributed by atoms with Crippen molar-refractivity contribution in [2.45, 2.75) is 26.8 Å². The molecule has 1 atom stereocenters. The van der Waals surface area contributed by atoms with Gasteiger partial charge in [0, 0.05) is 6.20 Å². The number of para-hydroxylation sites is 1. The highest BCUT2D eigenvalue weighted by molar-refractivity contribution is 8.16. The van der Waals surface area contributed by atoms with Crippen LogP contribution in [0.5, 0.6) is 11.5 Å². The van der Waals surface area contributed by atoms with Crippen molar-refractivity contribution in [3.8, 4) is 11.5 Å². The fourth-order valence-electron chi connectivity index (χ4n) is 3.67. The maximum absolute atomic E-state index is 12.7. The van der Waals surface area contributed by atoms with E-state index in [1.54, 1.807) is 18.7 Å². The molecule has 0 saturated heterocycles. The smallest absolute Gasteiger partial charge is 0.338 e. The molecule has 0 saturated carbocycles. The van der Waals surface area contributed by atoms with Crippen molar-refractivity contribution in [2.75, 3.05) is 19.8 Å². The average Bonchev–Trinajstić information content (AvgIpc) is 3.25. The Labute approximate surface area is 192 Å². The molecule has 0 N–H and O–H groups in total. The second-order valence-corrected chi connectivity index (χ2v) is 8.23. The van der Waals surface area contributed by atoms with Crippen molar-refractivity contribution >= 4 is 22.9 Å². The van der Waals surface area contributed by atoms with Crippen LogP contribution in [0.2, 0.25) is 0 Å². The number of carbonyl (C=O) groups excluding carboxylic acids is 1. The first-order chi connectivity index (χ1) is 15.6. The van der Waals surface area contributed by atoms with Gasteiger partial charge in [-0.1, -0.05) is 42.1 Å². The zero-order chi connectivity index (χ0) is 22.5. The summed E-state index contributed by atoms with van der Waals surface area (Å²) in [5.74, 6) is 1.28. The van der Waals surface area contributed by atoms with Gasteiger partial charge in [0.25, 0.3) is 0 Å². The third-order valence-electron chi connectivity index (χ3n) is 5.21. The molecule has 6 nitrogen and oxygen atoms in total. The van der Waals surface area contributed by atoms with E-state index >= 15 is 0 Å². The van der Waals surface area contributed by atoms with Crippen molar-refractivity contribution in [3.05, 3.63) is 82.5 Å². The van der Waals surface area contributed by atoms with Crippen LogP contribution in [0.1, 0.15) is 31.0 Å². The number of benzene rings is 2.